The number of carbonyl (C=O) groups is 2. The molecule has 0 aliphatic rings. The average molecular weight is 657 g/mol. The van der Waals surface area contributed by atoms with E-state index in [1.165, 1.54) is 29.6 Å². The lowest BCUT2D eigenvalue weighted by molar-refractivity contribution is -0.173. The second-order valence-electron chi connectivity index (χ2n) is 5.76. The summed E-state index contributed by atoms with van der Waals surface area (Å²) in [5.41, 5.74) is 0.470. The predicted molar refractivity (Wildman–Crippen MR) is 129 cm³/mol. The third-order valence-corrected chi connectivity index (χ3v) is 4.40. The number of esters is 2. The van der Waals surface area contributed by atoms with E-state index >= 15 is 0 Å². The number of halogens is 6. The molecule has 0 heterocycles. The second-order valence-corrected chi connectivity index (χ2v) is 8.00. The van der Waals surface area contributed by atoms with Crippen LogP contribution in [0.1, 0.15) is 19.4 Å². The molecule has 0 aliphatic heterocycles. The molecule has 12 heteroatoms. The molecule has 0 aromatic heterocycles. The van der Waals surface area contributed by atoms with Gasteiger partial charge in [0.15, 0.2) is 11.4 Å². The van der Waals surface area contributed by atoms with Gasteiger partial charge >= 0.3 is 22.7 Å². The van der Waals surface area contributed by atoms with E-state index < -0.39 is 28.3 Å². The van der Waals surface area contributed by atoms with Gasteiger partial charge < -0.3 is 9.47 Å². The number of benzene rings is 2. The van der Waals surface area contributed by atoms with Gasteiger partial charge in [-0.1, -0.05) is 48.5 Å². The first-order valence-corrected chi connectivity index (χ1v) is 11.1. The summed E-state index contributed by atoms with van der Waals surface area (Å²) in [6.45, 7) is 16.1. The molecule has 0 saturated heterocycles. The predicted octanol–water partition coefficient (Wildman–Crippen LogP) is 7.27. The van der Waals surface area contributed by atoms with Crippen molar-refractivity contribution in [2.24, 2.45) is 0 Å². The molecule has 2 aromatic carbocycles. The zero-order valence-electron chi connectivity index (χ0n) is 17.8. The smallest absolute Gasteiger partial charge is 0.395 e. The summed E-state index contributed by atoms with van der Waals surface area (Å²) in [4.78, 5) is 23.8. The highest BCUT2D eigenvalue weighted by Gasteiger charge is 2.42. The van der Waals surface area contributed by atoms with Gasteiger partial charge in [-0.15, -0.1) is 0 Å². The van der Waals surface area contributed by atoms with Gasteiger partial charge in [-0.3, -0.25) is 0 Å². The summed E-state index contributed by atoms with van der Waals surface area (Å²) in [6, 6.07) is 12.0. The fourth-order valence-corrected chi connectivity index (χ4v) is 2.29. The molecule has 0 bridgehead atoms. The Hall–Kier alpha value is -2.71. The van der Waals surface area contributed by atoms with Crippen LogP contribution in [0.5, 0.6) is 0 Å². The Balaban J connectivity index is 0.000000518. The Morgan fingerprint density at radius 1 is 0.853 bits per heavy atom. The molecule has 34 heavy (non-hydrogen) atoms. The van der Waals surface area contributed by atoms with Crippen molar-refractivity contribution >= 4 is 61.8 Å². The zero-order chi connectivity index (χ0) is 26.4. The van der Waals surface area contributed by atoms with Crippen molar-refractivity contribution in [1.29, 1.82) is 0 Å². The van der Waals surface area contributed by atoms with Gasteiger partial charge in [0.05, 0.1) is 26.4 Å². The Labute approximate surface area is 216 Å². The highest BCUT2D eigenvalue weighted by molar-refractivity contribution is 14.1. The third-order valence-electron chi connectivity index (χ3n) is 3.35. The summed E-state index contributed by atoms with van der Waals surface area (Å²) in [7, 11) is 0. The molecule has 0 spiro atoms. The van der Waals surface area contributed by atoms with Crippen LogP contribution in [-0.4, -0.2) is 30.0 Å². The van der Waals surface area contributed by atoms with Gasteiger partial charge in [-0.05, 0) is 36.4 Å². The van der Waals surface area contributed by atoms with Gasteiger partial charge in [0.1, 0.15) is 0 Å². The molecular weight excluding hydrogens is 639 g/mol. The summed E-state index contributed by atoms with van der Waals surface area (Å²) in [6.07, 6.45) is 0. The summed E-state index contributed by atoms with van der Waals surface area (Å²) < 4.78 is 59.7. The summed E-state index contributed by atoms with van der Waals surface area (Å²) in [5.74, 6) is -6.80. The van der Waals surface area contributed by atoms with Crippen molar-refractivity contribution in [2.75, 3.05) is 13.2 Å². The number of hydrogen-bond acceptors (Lipinski definition) is 4. The first-order chi connectivity index (χ1) is 15.8. The molecule has 0 amide bonds. The highest BCUT2D eigenvalue weighted by Crippen LogP contribution is 2.30. The van der Waals surface area contributed by atoms with Gasteiger partial charge in [0, 0.05) is 25.1 Å². The van der Waals surface area contributed by atoms with Crippen LogP contribution in [0.15, 0.2) is 48.5 Å². The fourth-order valence-electron chi connectivity index (χ4n) is 1.81. The van der Waals surface area contributed by atoms with Crippen molar-refractivity contribution < 1.29 is 36.6 Å². The van der Waals surface area contributed by atoms with Crippen molar-refractivity contribution in [3.63, 3.8) is 0 Å². The zero-order valence-corrected chi connectivity index (χ0v) is 21.6. The lowest BCUT2D eigenvalue weighted by Gasteiger charge is -2.14. The molecule has 0 fully saturated rings. The van der Waals surface area contributed by atoms with Crippen LogP contribution in [0, 0.1) is 16.7 Å². The number of rotatable bonds is 5. The van der Waals surface area contributed by atoms with E-state index in [0.29, 0.717) is 5.69 Å². The van der Waals surface area contributed by atoms with Crippen LogP contribution in [0.25, 0.3) is 9.69 Å². The van der Waals surface area contributed by atoms with E-state index in [4.69, 9.17) is 13.1 Å². The highest BCUT2D eigenvalue weighted by atomic mass is 127. The van der Waals surface area contributed by atoms with E-state index in [1.807, 2.05) is 40.2 Å². The van der Waals surface area contributed by atoms with Crippen molar-refractivity contribution in [1.82, 2.24) is 0 Å². The molecule has 0 aliphatic carbocycles. The summed E-state index contributed by atoms with van der Waals surface area (Å²) >= 11 is 4.05. The second kappa shape index (κ2) is 15.2. The van der Waals surface area contributed by atoms with Gasteiger partial charge in [-0.2, -0.15) is 17.6 Å². The number of nitrogens with zero attached hydrogens (tertiary/aromatic N) is 2. The Morgan fingerprint density at radius 3 is 1.56 bits per heavy atom. The first-order valence-electron chi connectivity index (χ1n) is 9.23. The Morgan fingerprint density at radius 2 is 1.24 bits per heavy atom. The first kappa shape index (κ1) is 31.3. The number of alkyl halides is 5. The van der Waals surface area contributed by atoms with Gasteiger partial charge in [0.25, 0.3) is 0 Å². The fraction of sp³-hybridized carbons (Fsp3) is 0.273. The topological polar surface area (TPSA) is 61.3 Å². The molecule has 0 atom stereocenters. The van der Waals surface area contributed by atoms with Crippen LogP contribution in [-0.2, 0) is 25.0 Å². The largest absolute Gasteiger partial charge is 0.461 e. The maximum Gasteiger partial charge on any atom is 0.395 e. The van der Waals surface area contributed by atoms with Crippen LogP contribution < -0.4 is 0 Å². The van der Waals surface area contributed by atoms with Crippen LogP contribution in [0.2, 0.25) is 0 Å². The maximum absolute atomic E-state index is 13.4. The van der Waals surface area contributed by atoms with Gasteiger partial charge in [-0.25, -0.2) is 19.3 Å². The minimum atomic E-state index is -3.67. The standard InChI is InChI=1S/C11H9F2NO2.C7H4IN.C4H5BrF2O2/c1-3-16-10(15)11(12,13)8-4-6-9(14-2)7-5-8;1-9-7-4-2-6(8)3-5-7;1-2-9-3(8)4(5,6)7/h4-7H,3H2,1H3;2-5H;2H2,1H3. The lowest BCUT2D eigenvalue weighted by Crippen LogP contribution is -2.28. The maximum atomic E-state index is 13.4. The van der Waals surface area contributed by atoms with E-state index in [2.05, 4.69) is 41.8 Å². The van der Waals surface area contributed by atoms with Gasteiger partial charge in [0.2, 0.25) is 0 Å². The molecule has 0 unspecified atom stereocenters. The van der Waals surface area contributed by atoms with E-state index in [9.17, 15) is 27.2 Å². The molecule has 2 aromatic rings. The lowest BCUT2D eigenvalue weighted by atomic mass is 10.1. The third kappa shape index (κ3) is 11.4. The SMILES string of the molecule is CCOC(=O)C(F)(F)Br.[C-]#[N+]c1ccc(C(F)(F)C(=O)OCC)cc1.[C-]#[N+]c1ccc(I)cc1. The van der Waals surface area contributed by atoms with E-state index in [-0.39, 0.29) is 18.9 Å². The van der Waals surface area contributed by atoms with E-state index in [0.717, 1.165) is 12.1 Å². The van der Waals surface area contributed by atoms with Crippen molar-refractivity contribution in [3.05, 3.63) is 80.5 Å². The van der Waals surface area contributed by atoms with Crippen molar-refractivity contribution in [2.45, 2.75) is 24.6 Å². The quantitative estimate of drug-likeness (QED) is 0.112. The minimum Gasteiger partial charge on any atom is -0.461 e. The van der Waals surface area contributed by atoms with Crippen molar-refractivity contribution in [3.8, 4) is 0 Å². The van der Waals surface area contributed by atoms with Crippen LogP contribution in [0.3, 0.4) is 0 Å². The molecule has 2 rings (SSSR count). The van der Waals surface area contributed by atoms with Crippen LogP contribution in [0.4, 0.5) is 28.9 Å². The normalized spacial score (nSPS) is 10.2. The Kier molecular flexibility index (Phi) is 14.0. The molecule has 6 nitrogen and oxygen atoms in total. The van der Waals surface area contributed by atoms with E-state index in [1.54, 1.807) is 0 Å². The Bertz CT molecular complexity index is 1020. The average Bonchev–Trinajstić information content (AvgIpc) is 2.80. The van der Waals surface area contributed by atoms with Crippen LogP contribution >= 0.6 is 38.5 Å². The number of ether oxygens (including phenoxy) is 2. The molecule has 0 saturated carbocycles. The number of hydrogen-bond donors (Lipinski definition) is 0. The molecular formula is C22H18BrF4IN2O4. The number of carbonyl (C=O) groups excluding carboxylic acids is 2. The molecule has 0 radical (unpaired) electrons. The molecule has 182 valence electrons. The molecule has 0 N–H and O–H groups in total. The minimum absolute atomic E-state index is 0.0416. The summed E-state index contributed by atoms with van der Waals surface area (Å²) in [5, 5.41) is 0. The monoisotopic (exact) mass is 656 g/mol.